The van der Waals surface area contributed by atoms with Crippen molar-refractivity contribution in [2.75, 3.05) is 12.8 Å². The third kappa shape index (κ3) is 5.79. The molecule has 0 unspecified atom stereocenters. The van der Waals surface area contributed by atoms with Crippen molar-refractivity contribution >= 4 is 27.5 Å². The molecule has 1 amide bonds. The minimum Gasteiger partial charge on any atom is -0.352 e. The van der Waals surface area contributed by atoms with Crippen molar-refractivity contribution in [3.8, 4) is 0 Å². The van der Waals surface area contributed by atoms with Gasteiger partial charge in [0.2, 0.25) is 15.9 Å². The molecule has 0 saturated heterocycles. The summed E-state index contributed by atoms with van der Waals surface area (Å²) in [5.74, 6) is -0.147. The maximum absolute atomic E-state index is 12.0. The predicted octanol–water partition coefficient (Wildman–Crippen LogP) is 2.55. The second-order valence-corrected chi connectivity index (χ2v) is 8.34. The lowest BCUT2D eigenvalue weighted by Gasteiger charge is -2.26. The molecule has 0 aliphatic heterocycles. The van der Waals surface area contributed by atoms with Crippen molar-refractivity contribution in [1.82, 2.24) is 9.62 Å². The summed E-state index contributed by atoms with van der Waals surface area (Å²) >= 11 is 5.81. The Labute approximate surface area is 143 Å². The highest BCUT2D eigenvalue weighted by Crippen LogP contribution is 2.25. The number of amides is 1. The van der Waals surface area contributed by atoms with Crippen LogP contribution in [0, 0.1) is 0 Å². The molecule has 1 fully saturated rings. The van der Waals surface area contributed by atoms with Crippen LogP contribution in [0.2, 0.25) is 5.02 Å². The van der Waals surface area contributed by atoms with E-state index in [1.807, 2.05) is 12.1 Å². The fourth-order valence-corrected chi connectivity index (χ4v) is 4.22. The quantitative estimate of drug-likeness (QED) is 0.814. The van der Waals surface area contributed by atoms with Gasteiger partial charge in [-0.25, -0.2) is 8.42 Å². The number of hydrogen-bond donors (Lipinski definition) is 1. The van der Waals surface area contributed by atoms with Crippen LogP contribution in [0.5, 0.6) is 0 Å². The zero-order valence-electron chi connectivity index (χ0n) is 13.3. The van der Waals surface area contributed by atoms with Gasteiger partial charge in [-0.1, -0.05) is 36.6 Å². The molecule has 0 bridgehead atoms. The maximum atomic E-state index is 12.0. The summed E-state index contributed by atoms with van der Waals surface area (Å²) < 4.78 is 25.3. The molecular formula is C16H23ClN2O3S. The zero-order valence-corrected chi connectivity index (χ0v) is 14.9. The largest absolute Gasteiger partial charge is 0.352 e. The monoisotopic (exact) mass is 358 g/mol. The van der Waals surface area contributed by atoms with Crippen molar-refractivity contribution < 1.29 is 13.2 Å². The van der Waals surface area contributed by atoms with Crippen LogP contribution in [0.4, 0.5) is 0 Å². The average Bonchev–Trinajstić information content (AvgIpc) is 2.99. The highest BCUT2D eigenvalue weighted by molar-refractivity contribution is 7.88. The summed E-state index contributed by atoms with van der Waals surface area (Å²) in [6, 6.07) is 7.30. The summed E-state index contributed by atoms with van der Waals surface area (Å²) in [7, 11) is -3.28. The Morgan fingerprint density at radius 3 is 2.43 bits per heavy atom. The van der Waals surface area contributed by atoms with Gasteiger partial charge in [-0.3, -0.25) is 4.79 Å². The van der Waals surface area contributed by atoms with Gasteiger partial charge in [0.25, 0.3) is 0 Å². The van der Waals surface area contributed by atoms with Crippen molar-refractivity contribution in [2.45, 2.75) is 44.7 Å². The molecule has 128 valence electrons. The second-order valence-electron chi connectivity index (χ2n) is 5.97. The van der Waals surface area contributed by atoms with E-state index in [2.05, 4.69) is 5.32 Å². The topological polar surface area (TPSA) is 66.5 Å². The van der Waals surface area contributed by atoms with Crippen molar-refractivity contribution in [3.05, 3.63) is 34.9 Å². The number of rotatable bonds is 7. The SMILES string of the molecule is CS(=O)(=O)N(CCC(=O)NCc1ccc(Cl)cc1)C1CCCC1. The van der Waals surface area contributed by atoms with Gasteiger partial charge >= 0.3 is 0 Å². The molecule has 5 nitrogen and oxygen atoms in total. The molecule has 1 aromatic rings. The Bertz CT molecular complexity index is 625. The lowest BCUT2D eigenvalue weighted by Crippen LogP contribution is -2.40. The summed E-state index contributed by atoms with van der Waals surface area (Å²) in [6.07, 6.45) is 5.28. The average molecular weight is 359 g/mol. The number of sulfonamides is 1. The Balaban J connectivity index is 1.82. The van der Waals surface area contributed by atoms with Gasteiger partial charge in [-0.2, -0.15) is 4.31 Å². The first kappa shape index (κ1) is 18.2. The first-order chi connectivity index (χ1) is 10.9. The number of hydrogen-bond acceptors (Lipinski definition) is 3. The van der Waals surface area contributed by atoms with Crippen molar-refractivity contribution in [1.29, 1.82) is 0 Å². The molecule has 0 atom stereocenters. The molecule has 7 heteroatoms. The minimum absolute atomic E-state index is 0.0501. The first-order valence-corrected chi connectivity index (χ1v) is 10.1. The number of nitrogens with zero attached hydrogens (tertiary/aromatic N) is 1. The number of nitrogens with one attached hydrogen (secondary N) is 1. The van der Waals surface area contributed by atoms with Crippen LogP contribution >= 0.6 is 11.6 Å². The van der Waals surface area contributed by atoms with Gasteiger partial charge in [0.1, 0.15) is 0 Å². The predicted molar refractivity (Wildman–Crippen MR) is 91.7 cm³/mol. The van der Waals surface area contributed by atoms with Gasteiger partial charge in [0, 0.05) is 30.6 Å². The van der Waals surface area contributed by atoms with Gasteiger partial charge < -0.3 is 5.32 Å². The van der Waals surface area contributed by atoms with E-state index in [0.717, 1.165) is 31.2 Å². The van der Waals surface area contributed by atoms with Gasteiger partial charge in [0.05, 0.1) is 6.26 Å². The smallest absolute Gasteiger partial charge is 0.221 e. The van der Waals surface area contributed by atoms with Crippen LogP contribution in [0.25, 0.3) is 0 Å². The molecule has 0 spiro atoms. The molecule has 1 aromatic carbocycles. The highest BCUT2D eigenvalue weighted by atomic mass is 35.5. The lowest BCUT2D eigenvalue weighted by molar-refractivity contribution is -0.121. The van der Waals surface area contributed by atoms with Crippen LogP contribution in [0.15, 0.2) is 24.3 Å². The van der Waals surface area contributed by atoms with Crippen LogP contribution < -0.4 is 5.32 Å². The normalized spacial score (nSPS) is 16.0. The third-order valence-corrected chi connectivity index (χ3v) is 5.70. The van der Waals surface area contributed by atoms with Crippen molar-refractivity contribution in [3.63, 3.8) is 0 Å². The highest BCUT2D eigenvalue weighted by Gasteiger charge is 2.29. The van der Waals surface area contributed by atoms with Crippen LogP contribution in [0.3, 0.4) is 0 Å². The van der Waals surface area contributed by atoms with E-state index < -0.39 is 10.0 Å². The Morgan fingerprint density at radius 1 is 1.26 bits per heavy atom. The second kappa shape index (κ2) is 8.13. The Hall–Kier alpha value is -1.11. The minimum atomic E-state index is -3.28. The molecule has 1 saturated carbocycles. The van der Waals surface area contributed by atoms with E-state index in [1.165, 1.54) is 10.6 Å². The molecule has 0 aromatic heterocycles. The number of carbonyl (C=O) groups excluding carboxylic acids is 1. The van der Waals surface area contributed by atoms with Gasteiger partial charge in [-0.15, -0.1) is 0 Å². The van der Waals surface area contributed by atoms with E-state index >= 15 is 0 Å². The van der Waals surface area contributed by atoms with Crippen LogP contribution in [0.1, 0.15) is 37.7 Å². The molecule has 0 heterocycles. The van der Waals surface area contributed by atoms with E-state index in [0.29, 0.717) is 11.6 Å². The molecule has 0 radical (unpaired) electrons. The number of benzene rings is 1. The maximum Gasteiger partial charge on any atom is 0.221 e. The Kier molecular flexibility index (Phi) is 6.44. The van der Waals surface area contributed by atoms with E-state index in [-0.39, 0.29) is 24.9 Å². The number of halogens is 1. The molecule has 1 N–H and O–H groups in total. The van der Waals surface area contributed by atoms with Crippen molar-refractivity contribution in [2.24, 2.45) is 0 Å². The summed E-state index contributed by atoms with van der Waals surface area (Å²) in [4.78, 5) is 12.0. The van der Waals surface area contributed by atoms with Gasteiger partial charge in [0.15, 0.2) is 0 Å². The molecule has 23 heavy (non-hydrogen) atoms. The molecular weight excluding hydrogens is 336 g/mol. The lowest BCUT2D eigenvalue weighted by atomic mass is 10.2. The summed E-state index contributed by atoms with van der Waals surface area (Å²) in [6.45, 7) is 0.661. The molecule has 1 aliphatic carbocycles. The van der Waals surface area contributed by atoms with E-state index in [4.69, 9.17) is 11.6 Å². The van der Waals surface area contributed by atoms with Crippen LogP contribution in [-0.2, 0) is 21.4 Å². The standard InChI is InChI=1S/C16H23ClN2O3S/c1-23(21,22)19(15-4-2-3-5-15)11-10-16(20)18-12-13-6-8-14(17)9-7-13/h6-9,15H,2-5,10-12H2,1H3,(H,18,20). The van der Waals surface area contributed by atoms with Crippen LogP contribution in [-0.4, -0.2) is 37.5 Å². The molecule has 1 aliphatic rings. The van der Waals surface area contributed by atoms with Gasteiger partial charge in [-0.05, 0) is 30.5 Å². The van der Waals surface area contributed by atoms with E-state index in [9.17, 15) is 13.2 Å². The summed E-state index contributed by atoms with van der Waals surface area (Å²) in [5.41, 5.74) is 0.957. The number of carbonyl (C=O) groups is 1. The third-order valence-electron chi connectivity index (χ3n) is 4.12. The first-order valence-electron chi connectivity index (χ1n) is 7.84. The summed E-state index contributed by atoms with van der Waals surface area (Å²) in [5, 5.41) is 3.47. The van der Waals surface area contributed by atoms with E-state index in [1.54, 1.807) is 12.1 Å². The fourth-order valence-electron chi connectivity index (χ4n) is 2.91. The molecule has 2 rings (SSSR count). The Morgan fingerprint density at radius 2 is 1.87 bits per heavy atom. The zero-order chi connectivity index (χ0) is 16.9. The fraction of sp³-hybridized carbons (Fsp3) is 0.562.